The third-order valence-corrected chi connectivity index (χ3v) is 3.06. The van der Waals surface area contributed by atoms with Crippen LogP contribution in [-0.4, -0.2) is 29.7 Å². The van der Waals surface area contributed by atoms with Crippen LogP contribution >= 0.6 is 11.3 Å². The topological polar surface area (TPSA) is 65.7 Å². The van der Waals surface area contributed by atoms with Gasteiger partial charge < -0.3 is 9.47 Å². The molecule has 2 aromatic heterocycles. The molecule has 0 saturated heterocycles. The average molecular weight is 279 g/mol. The molecule has 0 fully saturated rings. The molecule has 100 valence electrons. The highest BCUT2D eigenvalue weighted by Crippen LogP contribution is 2.09. The van der Waals surface area contributed by atoms with Crippen molar-refractivity contribution in [2.45, 2.75) is 6.73 Å². The zero-order chi connectivity index (χ0) is 13.7. The van der Waals surface area contributed by atoms with Crippen molar-refractivity contribution in [3.05, 3.63) is 40.3 Å². The van der Waals surface area contributed by atoms with E-state index in [0.717, 1.165) is 4.80 Å². The van der Waals surface area contributed by atoms with Crippen LogP contribution in [0.3, 0.4) is 0 Å². The van der Waals surface area contributed by atoms with Crippen molar-refractivity contribution in [3.8, 4) is 0 Å². The van der Waals surface area contributed by atoms with E-state index in [1.54, 1.807) is 25.3 Å². The molecule has 0 aliphatic heterocycles. The van der Waals surface area contributed by atoms with Gasteiger partial charge in [0.1, 0.15) is 6.73 Å². The molecule has 0 aliphatic rings. The number of thiazole rings is 1. The molecule has 0 bridgehead atoms. The van der Waals surface area contributed by atoms with Gasteiger partial charge in [-0.1, -0.05) is 6.07 Å². The lowest BCUT2D eigenvalue weighted by Gasteiger charge is -2.00. The molecule has 0 unspecified atom stereocenters. The maximum Gasteiger partial charge on any atom is 0.356 e. The molecule has 0 N–H and O–H groups in total. The summed E-state index contributed by atoms with van der Waals surface area (Å²) in [7, 11) is 2.93. The summed E-state index contributed by atoms with van der Waals surface area (Å²) in [4.78, 5) is 20.6. The van der Waals surface area contributed by atoms with Crippen LogP contribution in [0.25, 0.3) is 0 Å². The Balaban J connectivity index is 2.37. The molecule has 6 nitrogen and oxygen atoms in total. The zero-order valence-corrected chi connectivity index (χ0v) is 11.4. The fourth-order valence-corrected chi connectivity index (χ4v) is 2.15. The molecular weight excluding hydrogens is 266 g/mol. The summed E-state index contributed by atoms with van der Waals surface area (Å²) in [6, 6.07) is 5.03. The van der Waals surface area contributed by atoms with Gasteiger partial charge in [0.25, 0.3) is 0 Å². The van der Waals surface area contributed by atoms with Gasteiger partial charge in [0, 0.05) is 18.7 Å². The van der Waals surface area contributed by atoms with Gasteiger partial charge >= 0.3 is 5.97 Å². The summed E-state index contributed by atoms with van der Waals surface area (Å²) in [5.74, 6) is -0.0248. The third kappa shape index (κ3) is 3.27. The minimum atomic E-state index is -0.479. The van der Waals surface area contributed by atoms with Gasteiger partial charge in [-0.25, -0.2) is 14.8 Å². The summed E-state index contributed by atoms with van der Waals surface area (Å²) in [6.45, 7) is 0.416. The molecule has 0 aromatic carbocycles. The molecule has 2 rings (SSSR count). The van der Waals surface area contributed by atoms with Crippen LogP contribution in [0.4, 0.5) is 5.82 Å². The smallest absolute Gasteiger partial charge is 0.356 e. The van der Waals surface area contributed by atoms with Gasteiger partial charge in [0.2, 0.25) is 0 Å². The Bertz CT molecular complexity index is 633. The van der Waals surface area contributed by atoms with Gasteiger partial charge in [-0.15, -0.1) is 11.3 Å². The number of carbonyl (C=O) groups excluding carboxylic acids is 1. The Morgan fingerprint density at radius 3 is 3.05 bits per heavy atom. The normalized spacial score (nSPS) is 11.6. The molecule has 0 spiro atoms. The van der Waals surface area contributed by atoms with Crippen molar-refractivity contribution in [1.82, 2.24) is 9.55 Å². The fourth-order valence-electron chi connectivity index (χ4n) is 1.43. The van der Waals surface area contributed by atoms with Gasteiger partial charge in [0.05, 0.1) is 7.11 Å². The van der Waals surface area contributed by atoms with E-state index in [4.69, 9.17) is 4.74 Å². The van der Waals surface area contributed by atoms with E-state index in [1.807, 2.05) is 16.1 Å². The number of hydrogen-bond donors (Lipinski definition) is 0. The Hall–Kier alpha value is -1.99. The number of ether oxygens (including phenoxy) is 2. The lowest BCUT2D eigenvalue weighted by atomic mass is 10.3. The van der Waals surface area contributed by atoms with E-state index in [2.05, 4.69) is 14.7 Å². The van der Waals surface area contributed by atoms with Crippen LogP contribution in [0.1, 0.15) is 10.5 Å². The Labute approximate surface area is 114 Å². The number of aromatic nitrogens is 2. The molecule has 0 amide bonds. The first-order valence-corrected chi connectivity index (χ1v) is 6.35. The largest absolute Gasteiger partial charge is 0.464 e. The SMILES string of the molecule is COCn1ccs/c1=N\c1cccc(C(=O)OC)n1. The summed E-state index contributed by atoms with van der Waals surface area (Å²) in [5, 5.41) is 1.90. The average Bonchev–Trinajstić information content (AvgIpc) is 2.86. The quantitative estimate of drug-likeness (QED) is 0.797. The highest BCUT2D eigenvalue weighted by atomic mass is 32.1. The second-order valence-electron chi connectivity index (χ2n) is 3.56. The Morgan fingerprint density at radius 1 is 1.47 bits per heavy atom. The van der Waals surface area contributed by atoms with Crippen LogP contribution in [0.15, 0.2) is 34.8 Å². The first-order valence-electron chi connectivity index (χ1n) is 5.47. The van der Waals surface area contributed by atoms with Crippen molar-refractivity contribution in [3.63, 3.8) is 0 Å². The van der Waals surface area contributed by atoms with Gasteiger partial charge in [-0.2, -0.15) is 0 Å². The maximum absolute atomic E-state index is 11.4. The highest BCUT2D eigenvalue weighted by molar-refractivity contribution is 7.07. The van der Waals surface area contributed by atoms with Gasteiger partial charge in [0.15, 0.2) is 16.3 Å². The van der Waals surface area contributed by atoms with Crippen LogP contribution in [-0.2, 0) is 16.2 Å². The number of rotatable bonds is 4. The summed E-state index contributed by atoms with van der Waals surface area (Å²) in [5.41, 5.74) is 0.235. The Kier molecular flexibility index (Phi) is 4.43. The van der Waals surface area contributed by atoms with Crippen molar-refractivity contribution < 1.29 is 14.3 Å². The van der Waals surface area contributed by atoms with E-state index >= 15 is 0 Å². The molecule has 2 aromatic rings. The van der Waals surface area contributed by atoms with Crippen LogP contribution in [0.5, 0.6) is 0 Å². The second kappa shape index (κ2) is 6.26. The van der Waals surface area contributed by atoms with Gasteiger partial charge in [-0.05, 0) is 12.1 Å². The van der Waals surface area contributed by atoms with E-state index in [-0.39, 0.29) is 5.69 Å². The van der Waals surface area contributed by atoms with Crippen LogP contribution < -0.4 is 4.80 Å². The van der Waals surface area contributed by atoms with Crippen LogP contribution in [0.2, 0.25) is 0 Å². The fraction of sp³-hybridized carbons (Fsp3) is 0.250. The molecule has 0 aliphatic carbocycles. The number of methoxy groups -OCH3 is 2. The van der Waals surface area contributed by atoms with E-state index in [9.17, 15) is 4.79 Å². The van der Waals surface area contributed by atoms with E-state index in [1.165, 1.54) is 18.4 Å². The molecule has 0 saturated carbocycles. The monoisotopic (exact) mass is 279 g/mol. The maximum atomic E-state index is 11.4. The third-order valence-electron chi connectivity index (χ3n) is 2.27. The number of nitrogens with zero attached hydrogens (tertiary/aromatic N) is 3. The van der Waals surface area contributed by atoms with E-state index in [0.29, 0.717) is 12.5 Å². The predicted molar refractivity (Wildman–Crippen MR) is 70.1 cm³/mol. The number of carbonyl (C=O) groups is 1. The highest BCUT2D eigenvalue weighted by Gasteiger charge is 2.07. The van der Waals surface area contributed by atoms with Crippen LogP contribution in [0, 0.1) is 0 Å². The first-order chi connectivity index (χ1) is 9.24. The minimum Gasteiger partial charge on any atom is -0.464 e. The second-order valence-corrected chi connectivity index (χ2v) is 4.43. The van der Waals surface area contributed by atoms with Crippen molar-refractivity contribution in [1.29, 1.82) is 0 Å². The van der Waals surface area contributed by atoms with Crippen molar-refractivity contribution in [2.75, 3.05) is 14.2 Å². The molecular formula is C12H13N3O3S. The summed E-state index contributed by atoms with van der Waals surface area (Å²) < 4.78 is 11.5. The van der Waals surface area contributed by atoms with E-state index < -0.39 is 5.97 Å². The lowest BCUT2D eigenvalue weighted by molar-refractivity contribution is 0.0594. The lowest BCUT2D eigenvalue weighted by Crippen LogP contribution is -2.14. The summed E-state index contributed by atoms with van der Waals surface area (Å²) >= 11 is 1.46. The van der Waals surface area contributed by atoms with Gasteiger partial charge in [-0.3, -0.25) is 4.57 Å². The number of hydrogen-bond acceptors (Lipinski definition) is 6. The Morgan fingerprint density at radius 2 is 2.32 bits per heavy atom. The molecule has 2 heterocycles. The van der Waals surface area contributed by atoms with Crippen molar-refractivity contribution >= 4 is 23.1 Å². The molecule has 19 heavy (non-hydrogen) atoms. The first kappa shape index (κ1) is 13.4. The minimum absolute atomic E-state index is 0.235. The summed E-state index contributed by atoms with van der Waals surface area (Å²) in [6.07, 6.45) is 1.87. The zero-order valence-electron chi connectivity index (χ0n) is 10.6. The molecule has 7 heteroatoms. The predicted octanol–water partition coefficient (Wildman–Crippen LogP) is 1.57. The number of esters is 1. The molecule has 0 radical (unpaired) electrons. The molecule has 0 atom stereocenters. The van der Waals surface area contributed by atoms with Crippen molar-refractivity contribution in [2.24, 2.45) is 4.99 Å². The number of pyridine rings is 1. The standard InChI is InChI=1S/C12H13N3O3S/c1-17-8-15-6-7-19-12(15)14-10-5-3-4-9(13-10)11(16)18-2/h3-7H,8H2,1-2H3/b14-12-.